The summed E-state index contributed by atoms with van der Waals surface area (Å²) < 4.78 is 13.3. The standard InChI is InChI=1S/C30H44O3Si2/c1-21(31)24-14-12-13-22(19-24)15-16-23-17-18-25(27(29(2,3)4)32-34(8)9)26(20-23)28(30(5,6)7)33-35(10)11/h12-14,17-20,27-28,34-35H,1-11H3. The molecule has 0 fully saturated rings. The molecule has 190 valence electrons. The van der Waals surface area contributed by atoms with Crippen LogP contribution in [-0.2, 0) is 8.85 Å². The molecule has 0 N–H and O–H groups in total. The fourth-order valence-electron chi connectivity index (χ4n) is 4.11. The summed E-state index contributed by atoms with van der Waals surface area (Å²) in [6.07, 6.45) is -0.0602. The van der Waals surface area contributed by atoms with E-state index >= 15 is 0 Å². The van der Waals surface area contributed by atoms with Gasteiger partial charge in [0.05, 0.1) is 12.2 Å². The lowest BCUT2D eigenvalue weighted by atomic mass is 9.77. The number of hydrogen-bond donors (Lipinski definition) is 0. The Morgan fingerprint density at radius 2 is 1.23 bits per heavy atom. The van der Waals surface area contributed by atoms with Gasteiger partial charge in [-0.05, 0) is 79.3 Å². The second kappa shape index (κ2) is 11.8. The number of rotatable bonds is 7. The molecule has 2 rings (SSSR count). The van der Waals surface area contributed by atoms with Crippen molar-refractivity contribution in [3.05, 3.63) is 70.3 Å². The highest BCUT2D eigenvalue weighted by molar-refractivity contribution is 6.48. The summed E-state index contributed by atoms with van der Waals surface area (Å²) in [4.78, 5) is 11.8. The van der Waals surface area contributed by atoms with Crippen LogP contribution in [0.25, 0.3) is 0 Å². The van der Waals surface area contributed by atoms with Crippen molar-refractivity contribution in [2.24, 2.45) is 10.8 Å². The Hall–Kier alpha value is -1.98. The molecule has 5 heteroatoms. The molecule has 0 radical (unpaired) electrons. The van der Waals surface area contributed by atoms with Crippen LogP contribution in [0, 0.1) is 22.7 Å². The summed E-state index contributed by atoms with van der Waals surface area (Å²) in [6, 6.07) is 14.0. The molecule has 2 atom stereocenters. The first-order chi connectivity index (χ1) is 16.1. The molecule has 2 aromatic rings. The van der Waals surface area contributed by atoms with Gasteiger partial charge in [-0.25, -0.2) is 0 Å². The number of hydrogen-bond acceptors (Lipinski definition) is 3. The summed E-state index contributed by atoms with van der Waals surface area (Å²) in [5.74, 6) is 6.64. The van der Waals surface area contributed by atoms with Crippen molar-refractivity contribution in [3.8, 4) is 11.8 Å². The largest absolute Gasteiger partial charge is 0.413 e. The molecule has 2 aromatic carbocycles. The van der Waals surface area contributed by atoms with Gasteiger partial charge in [-0.2, -0.15) is 0 Å². The molecule has 0 saturated heterocycles. The molecular weight excluding hydrogens is 464 g/mol. The van der Waals surface area contributed by atoms with Crippen molar-refractivity contribution in [1.29, 1.82) is 0 Å². The van der Waals surface area contributed by atoms with Gasteiger partial charge in [-0.3, -0.25) is 4.79 Å². The van der Waals surface area contributed by atoms with Gasteiger partial charge in [-0.1, -0.05) is 71.6 Å². The molecule has 0 heterocycles. The van der Waals surface area contributed by atoms with E-state index in [1.165, 1.54) is 11.1 Å². The lowest BCUT2D eigenvalue weighted by molar-refractivity contribution is 0.0656. The van der Waals surface area contributed by atoms with Crippen LogP contribution in [0.3, 0.4) is 0 Å². The number of ketones is 1. The monoisotopic (exact) mass is 508 g/mol. The Balaban J connectivity index is 2.69. The second-order valence-electron chi connectivity index (χ2n) is 12.1. The van der Waals surface area contributed by atoms with Crippen LogP contribution in [0.2, 0.25) is 26.2 Å². The molecule has 3 nitrogen and oxygen atoms in total. The van der Waals surface area contributed by atoms with Crippen molar-refractivity contribution in [2.75, 3.05) is 0 Å². The normalized spacial score (nSPS) is 14.0. The average molecular weight is 509 g/mol. The Morgan fingerprint density at radius 3 is 1.69 bits per heavy atom. The van der Waals surface area contributed by atoms with Crippen LogP contribution < -0.4 is 0 Å². The molecule has 0 aliphatic carbocycles. The minimum Gasteiger partial charge on any atom is -0.413 e. The fraction of sp³-hybridized carbons (Fsp3) is 0.500. The van der Waals surface area contributed by atoms with E-state index in [9.17, 15) is 4.79 Å². The molecule has 0 saturated carbocycles. The molecule has 35 heavy (non-hydrogen) atoms. The van der Waals surface area contributed by atoms with Crippen LogP contribution >= 0.6 is 0 Å². The van der Waals surface area contributed by atoms with E-state index in [1.807, 2.05) is 24.3 Å². The summed E-state index contributed by atoms with van der Waals surface area (Å²) in [5, 5.41) is 0. The third-order valence-corrected chi connectivity index (χ3v) is 7.29. The van der Waals surface area contributed by atoms with E-state index in [-0.39, 0.29) is 28.8 Å². The molecule has 0 aliphatic rings. The molecule has 0 aromatic heterocycles. The zero-order chi connectivity index (χ0) is 26.6. The molecular formula is C30H44O3Si2. The first-order valence-corrected chi connectivity index (χ1v) is 18.2. The molecule has 0 spiro atoms. The third kappa shape index (κ3) is 8.57. The molecule has 0 amide bonds. The fourth-order valence-corrected chi connectivity index (χ4v) is 6.31. The Labute approximate surface area is 217 Å². The van der Waals surface area contributed by atoms with E-state index in [4.69, 9.17) is 8.85 Å². The van der Waals surface area contributed by atoms with E-state index < -0.39 is 18.1 Å². The Bertz CT molecular complexity index is 1080. The summed E-state index contributed by atoms with van der Waals surface area (Å²) in [6.45, 7) is 24.0. The zero-order valence-electron chi connectivity index (χ0n) is 23.6. The van der Waals surface area contributed by atoms with Gasteiger partial charge in [0.15, 0.2) is 23.9 Å². The maximum atomic E-state index is 11.8. The van der Waals surface area contributed by atoms with Crippen molar-refractivity contribution in [3.63, 3.8) is 0 Å². The Morgan fingerprint density at radius 1 is 0.743 bits per heavy atom. The van der Waals surface area contributed by atoms with Crippen LogP contribution in [0.1, 0.15) is 93.3 Å². The smallest absolute Gasteiger partial charge is 0.171 e. The van der Waals surface area contributed by atoms with E-state index in [1.54, 1.807) is 6.92 Å². The highest BCUT2D eigenvalue weighted by Crippen LogP contribution is 2.45. The van der Waals surface area contributed by atoms with Gasteiger partial charge in [0.25, 0.3) is 0 Å². The van der Waals surface area contributed by atoms with Crippen molar-refractivity contribution >= 4 is 23.9 Å². The number of carbonyl (C=O) groups is 1. The second-order valence-corrected chi connectivity index (χ2v) is 16.8. The predicted molar refractivity (Wildman–Crippen MR) is 153 cm³/mol. The Kier molecular flexibility index (Phi) is 9.90. The van der Waals surface area contributed by atoms with E-state index in [2.05, 4.69) is 97.8 Å². The van der Waals surface area contributed by atoms with Crippen LogP contribution in [0.15, 0.2) is 42.5 Å². The topological polar surface area (TPSA) is 35.5 Å². The molecule has 2 unspecified atom stereocenters. The summed E-state index contributed by atoms with van der Waals surface area (Å²) in [5.41, 5.74) is 4.71. The first kappa shape index (κ1) is 29.3. The third-order valence-electron chi connectivity index (χ3n) is 5.66. The van der Waals surface area contributed by atoms with Crippen LogP contribution in [0.4, 0.5) is 0 Å². The van der Waals surface area contributed by atoms with Crippen LogP contribution in [0.5, 0.6) is 0 Å². The van der Waals surface area contributed by atoms with Crippen molar-refractivity contribution in [1.82, 2.24) is 0 Å². The maximum absolute atomic E-state index is 11.8. The lowest BCUT2D eigenvalue weighted by Gasteiger charge is -2.39. The lowest BCUT2D eigenvalue weighted by Crippen LogP contribution is -2.31. The van der Waals surface area contributed by atoms with E-state index in [0.717, 1.165) is 11.1 Å². The highest BCUT2D eigenvalue weighted by atomic mass is 28.3. The van der Waals surface area contributed by atoms with Crippen molar-refractivity contribution < 1.29 is 13.6 Å². The quantitative estimate of drug-likeness (QED) is 0.221. The number of Topliss-reactive ketones (excluding diaryl/α,β-unsaturated/α-hetero) is 1. The number of benzene rings is 2. The first-order valence-electron chi connectivity index (χ1n) is 12.7. The van der Waals surface area contributed by atoms with Gasteiger partial charge in [0.1, 0.15) is 0 Å². The number of carbonyl (C=O) groups excluding carboxylic acids is 1. The molecule has 0 aliphatic heterocycles. The minimum absolute atomic E-state index is 0.0132. The van der Waals surface area contributed by atoms with Crippen molar-refractivity contribution in [2.45, 2.75) is 86.9 Å². The highest BCUT2D eigenvalue weighted by Gasteiger charge is 2.35. The summed E-state index contributed by atoms with van der Waals surface area (Å²) in [7, 11) is -2.61. The van der Waals surface area contributed by atoms with Gasteiger partial charge in [0, 0.05) is 16.7 Å². The minimum atomic E-state index is -1.32. The van der Waals surface area contributed by atoms with Gasteiger partial charge in [-0.15, -0.1) is 0 Å². The van der Waals surface area contributed by atoms with Gasteiger partial charge < -0.3 is 8.85 Å². The van der Waals surface area contributed by atoms with Gasteiger partial charge in [0.2, 0.25) is 0 Å². The SMILES string of the molecule is CC(=O)c1cccc(C#Cc2ccc(C(O[SiH](C)C)C(C)(C)C)c(C(O[SiH](C)C)C(C)(C)C)c2)c1. The average Bonchev–Trinajstić information content (AvgIpc) is 2.73. The van der Waals surface area contributed by atoms with Crippen LogP contribution in [-0.4, -0.2) is 23.9 Å². The molecule has 0 bridgehead atoms. The predicted octanol–water partition coefficient (Wildman–Crippen LogP) is 7.46. The maximum Gasteiger partial charge on any atom is 0.171 e. The van der Waals surface area contributed by atoms with E-state index in [0.29, 0.717) is 5.56 Å². The zero-order valence-corrected chi connectivity index (χ0v) is 25.9. The summed E-state index contributed by atoms with van der Waals surface area (Å²) >= 11 is 0. The van der Waals surface area contributed by atoms with Gasteiger partial charge >= 0.3 is 0 Å².